The molecule has 0 spiro atoms. The van der Waals surface area contributed by atoms with Crippen LogP contribution in [0.4, 0.5) is 0 Å². The normalized spacial score (nSPS) is 11.5. The van der Waals surface area contributed by atoms with Gasteiger partial charge in [-0.15, -0.1) is 0 Å². The number of rotatable bonds is 23. The summed E-state index contributed by atoms with van der Waals surface area (Å²) in [4.78, 5) is 23.8. The summed E-state index contributed by atoms with van der Waals surface area (Å²) in [5.41, 5.74) is 0. The average molecular weight is 469 g/mol. The first-order chi connectivity index (χ1) is 15.9. The number of hydrogen-bond acceptors (Lipinski definition) is 4. The van der Waals surface area contributed by atoms with Crippen LogP contribution in [0.1, 0.15) is 150 Å². The van der Waals surface area contributed by atoms with Crippen LogP contribution in [0, 0.1) is 11.8 Å². The van der Waals surface area contributed by atoms with Crippen molar-refractivity contribution in [2.45, 2.75) is 156 Å². The monoisotopic (exact) mass is 468 g/mol. The van der Waals surface area contributed by atoms with Crippen molar-refractivity contribution >= 4 is 11.9 Å². The van der Waals surface area contributed by atoms with Crippen molar-refractivity contribution in [3.63, 3.8) is 0 Å². The minimum atomic E-state index is -0.211. The van der Waals surface area contributed by atoms with Crippen LogP contribution in [0.3, 0.4) is 0 Å². The summed E-state index contributed by atoms with van der Waals surface area (Å²) < 4.78 is 10.9. The zero-order valence-electron chi connectivity index (χ0n) is 22.8. The third kappa shape index (κ3) is 21.2. The Kier molecular flexibility index (Phi) is 22.0. The van der Waals surface area contributed by atoms with Crippen molar-refractivity contribution in [1.82, 2.24) is 0 Å². The van der Waals surface area contributed by atoms with Gasteiger partial charge in [0.15, 0.2) is 0 Å². The van der Waals surface area contributed by atoms with Crippen LogP contribution in [-0.2, 0) is 19.1 Å². The van der Waals surface area contributed by atoms with Crippen LogP contribution in [-0.4, -0.2) is 24.6 Å². The highest BCUT2D eigenvalue weighted by molar-refractivity contribution is 5.72. The Morgan fingerprint density at radius 1 is 0.545 bits per heavy atom. The van der Waals surface area contributed by atoms with Gasteiger partial charge in [-0.25, -0.2) is 0 Å². The van der Waals surface area contributed by atoms with Crippen molar-refractivity contribution in [3.8, 4) is 0 Å². The molecule has 0 aliphatic rings. The molecule has 0 aromatic rings. The molecule has 33 heavy (non-hydrogen) atoms. The van der Waals surface area contributed by atoms with E-state index in [2.05, 4.69) is 34.6 Å². The predicted octanol–water partition coefficient (Wildman–Crippen LogP) is 8.80. The van der Waals surface area contributed by atoms with Gasteiger partial charge in [0, 0.05) is 12.8 Å². The van der Waals surface area contributed by atoms with E-state index in [4.69, 9.17) is 9.47 Å². The summed E-state index contributed by atoms with van der Waals surface area (Å²) >= 11 is 0. The zero-order valence-corrected chi connectivity index (χ0v) is 22.8. The van der Waals surface area contributed by atoms with Gasteiger partial charge >= 0.3 is 11.9 Å². The molecular formula is C29H56O4. The summed E-state index contributed by atoms with van der Waals surface area (Å²) in [5, 5.41) is 0. The second kappa shape index (κ2) is 22.7. The van der Waals surface area contributed by atoms with Gasteiger partial charge in [0.25, 0.3) is 0 Å². The van der Waals surface area contributed by atoms with Crippen LogP contribution in [0.25, 0.3) is 0 Å². The first kappa shape index (κ1) is 31.9. The number of ether oxygens (including phenoxy) is 2. The minimum absolute atomic E-state index is 0.0606. The largest absolute Gasteiger partial charge is 0.466 e. The highest BCUT2D eigenvalue weighted by Gasteiger charge is 2.21. The fourth-order valence-corrected chi connectivity index (χ4v) is 4.36. The number of unbranched alkanes of at least 4 members (excludes halogenated alkanes) is 14. The van der Waals surface area contributed by atoms with Crippen molar-refractivity contribution in [2.24, 2.45) is 11.8 Å². The van der Waals surface area contributed by atoms with Gasteiger partial charge in [-0.3, -0.25) is 9.59 Å². The van der Waals surface area contributed by atoms with Gasteiger partial charge in [0.2, 0.25) is 0 Å². The molecule has 0 unspecified atom stereocenters. The molecule has 0 atom stereocenters. The maximum atomic E-state index is 12.0. The second-order valence-electron chi connectivity index (χ2n) is 10.5. The molecule has 0 saturated heterocycles. The Bertz CT molecular complexity index is 451. The third-order valence-electron chi connectivity index (χ3n) is 6.35. The molecule has 4 heteroatoms. The Balaban J connectivity index is 3.42. The van der Waals surface area contributed by atoms with E-state index < -0.39 is 0 Å². The maximum Gasteiger partial charge on any atom is 0.306 e. The van der Waals surface area contributed by atoms with Crippen LogP contribution in [0.5, 0.6) is 0 Å². The molecule has 0 aliphatic heterocycles. The van der Waals surface area contributed by atoms with Gasteiger partial charge in [-0.2, -0.15) is 0 Å². The van der Waals surface area contributed by atoms with Gasteiger partial charge in [0.1, 0.15) is 6.10 Å². The molecule has 0 saturated carbocycles. The predicted molar refractivity (Wildman–Crippen MR) is 139 cm³/mol. The number of esters is 2. The molecule has 0 heterocycles. The first-order valence-corrected chi connectivity index (χ1v) is 14.2. The lowest BCUT2D eigenvalue weighted by molar-refractivity contribution is -0.154. The van der Waals surface area contributed by atoms with Crippen LogP contribution in [0.2, 0.25) is 0 Å². The smallest absolute Gasteiger partial charge is 0.306 e. The number of carbonyl (C=O) groups excluding carboxylic acids is 2. The molecule has 4 nitrogen and oxygen atoms in total. The lowest BCUT2D eigenvalue weighted by atomic mass is 9.96. The fraction of sp³-hybridized carbons (Fsp3) is 0.931. The highest BCUT2D eigenvalue weighted by Crippen LogP contribution is 2.17. The van der Waals surface area contributed by atoms with Crippen LogP contribution < -0.4 is 0 Å². The van der Waals surface area contributed by atoms with E-state index >= 15 is 0 Å². The minimum Gasteiger partial charge on any atom is -0.466 e. The molecule has 0 fully saturated rings. The molecule has 0 amide bonds. The van der Waals surface area contributed by atoms with E-state index in [1.165, 1.54) is 83.5 Å². The molecule has 196 valence electrons. The molecule has 0 bridgehead atoms. The molecule has 0 rings (SSSR count). The summed E-state index contributed by atoms with van der Waals surface area (Å²) in [6.07, 6.45) is 20.9. The Morgan fingerprint density at radius 3 is 1.36 bits per heavy atom. The molecule has 0 aromatic carbocycles. The molecular weight excluding hydrogens is 412 g/mol. The lowest BCUT2D eigenvalue weighted by Crippen LogP contribution is -2.28. The van der Waals surface area contributed by atoms with E-state index in [0.717, 1.165) is 12.8 Å². The van der Waals surface area contributed by atoms with E-state index in [-0.39, 0.29) is 24.5 Å². The van der Waals surface area contributed by atoms with Crippen molar-refractivity contribution in [3.05, 3.63) is 0 Å². The standard InChI is InChI=1S/C29H56O4/c1-6-7-8-9-10-11-12-13-14-15-16-17-18-19-20-24-32-27(30)22-21-23-28(31)33-29(25(2)3)26(4)5/h25-26,29H,6-24H2,1-5H3. The maximum absolute atomic E-state index is 12.0. The summed E-state index contributed by atoms with van der Waals surface area (Å²) in [5.74, 6) is 0.192. The van der Waals surface area contributed by atoms with Gasteiger partial charge in [-0.1, -0.05) is 125 Å². The number of hydrogen-bond donors (Lipinski definition) is 0. The highest BCUT2D eigenvalue weighted by atomic mass is 16.5. The molecule has 0 N–H and O–H groups in total. The fourth-order valence-electron chi connectivity index (χ4n) is 4.36. The lowest BCUT2D eigenvalue weighted by Gasteiger charge is -2.24. The van der Waals surface area contributed by atoms with Gasteiger partial charge < -0.3 is 9.47 Å². The molecule has 0 radical (unpaired) electrons. The second-order valence-corrected chi connectivity index (χ2v) is 10.5. The Hall–Kier alpha value is -1.06. The topological polar surface area (TPSA) is 52.6 Å². The van der Waals surface area contributed by atoms with Crippen molar-refractivity contribution < 1.29 is 19.1 Å². The molecule has 0 aliphatic carbocycles. The Morgan fingerprint density at radius 2 is 0.939 bits per heavy atom. The molecule has 0 aromatic heterocycles. The number of carbonyl (C=O) groups is 2. The third-order valence-corrected chi connectivity index (χ3v) is 6.35. The van der Waals surface area contributed by atoms with E-state index in [1.54, 1.807) is 0 Å². The van der Waals surface area contributed by atoms with Gasteiger partial charge in [-0.05, 0) is 24.7 Å². The Labute approximate surface area is 206 Å². The summed E-state index contributed by atoms with van der Waals surface area (Å²) in [6.45, 7) is 11.0. The van der Waals surface area contributed by atoms with Crippen LogP contribution >= 0.6 is 0 Å². The summed E-state index contributed by atoms with van der Waals surface area (Å²) in [6, 6.07) is 0. The summed E-state index contributed by atoms with van der Waals surface area (Å²) in [7, 11) is 0. The first-order valence-electron chi connectivity index (χ1n) is 14.2. The van der Waals surface area contributed by atoms with Crippen LogP contribution in [0.15, 0.2) is 0 Å². The van der Waals surface area contributed by atoms with Gasteiger partial charge in [0.05, 0.1) is 6.61 Å². The van der Waals surface area contributed by atoms with E-state index in [1.807, 2.05) is 0 Å². The van der Waals surface area contributed by atoms with Crippen molar-refractivity contribution in [1.29, 1.82) is 0 Å². The SMILES string of the molecule is CCCCCCCCCCCCCCCCCOC(=O)CCCC(=O)OC(C(C)C)C(C)C. The zero-order chi connectivity index (χ0) is 24.7. The van der Waals surface area contributed by atoms with E-state index in [9.17, 15) is 9.59 Å². The quantitative estimate of drug-likeness (QED) is 0.111. The van der Waals surface area contributed by atoms with E-state index in [0.29, 0.717) is 31.3 Å². The van der Waals surface area contributed by atoms with Crippen molar-refractivity contribution in [2.75, 3.05) is 6.61 Å². The average Bonchev–Trinajstić information content (AvgIpc) is 2.76.